The maximum Gasteiger partial charge on any atom is 0.122 e. The van der Waals surface area contributed by atoms with E-state index in [0.29, 0.717) is 12.0 Å². The van der Waals surface area contributed by atoms with E-state index in [-0.39, 0.29) is 0 Å². The first kappa shape index (κ1) is 18.2. The maximum absolute atomic E-state index is 5.70. The molecule has 1 aromatic heterocycles. The van der Waals surface area contributed by atoms with Gasteiger partial charge in [-0.05, 0) is 31.9 Å². The summed E-state index contributed by atoms with van der Waals surface area (Å²) in [5.74, 6) is 1.74. The molecule has 1 atom stereocenters. The van der Waals surface area contributed by atoms with E-state index in [1.807, 2.05) is 0 Å². The molecule has 0 aliphatic carbocycles. The smallest absolute Gasteiger partial charge is 0.122 e. The maximum atomic E-state index is 5.70. The van der Waals surface area contributed by atoms with Crippen LogP contribution in [0.2, 0.25) is 0 Å². The first-order chi connectivity index (χ1) is 10.1. The summed E-state index contributed by atoms with van der Waals surface area (Å²) in [6.45, 7) is 13.4. The Morgan fingerprint density at radius 1 is 1.33 bits per heavy atom. The van der Waals surface area contributed by atoms with Crippen molar-refractivity contribution in [2.75, 3.05) is 26.8 Å². The molecule has 1 N–H and O–H groups in total. The van der Waals surface area contributed by atoms with Crippen molar-refractivity contribution in [2.45, 2.75) is 53.2 Å². The number of furan rings is 1. The molecule has 0 saturated heterocycles. The lowest BCUT2D eigenvalue weighted by molar-refractivity contribution is 0.112. The van der Waals surface area contributed by atoms with Gasteiger partial charge in [0.15, 0.2) is 0 Å². The number of ether oxygens (including phenoxy) is 1. The highest BCUT2D eigenvalue weighted by Gasteiger charge is 2.16. The Hall–Kier alpha value is -0.840. The second-order valence-corrected chi connectivity index (χ2v) is 6.11. The third-order valence-electron chi connectivity index (χ3n) is 3.85. The molecule has 1 heterocycles. The molecule has 0 fully saturated rings. The Morgan fingerprint density at radius 2 is 2.10 bits per heavy atom. The normalized spacial score (nSPS) is 13.3. The SMILES string of the molecule is CCC(C)N(CCOC)Cc1occc1CNCC(C)C. The summed E-state index contributed by atoms with van der Waals surface area (Å²) in [4.78, 5) is 2.42. The predicted octanol–water partition coefficient (Wildman–Crippen LogP) is 3.27. The number of rotatable bonds is 11. The molecule has 0 amide bonds. The largest absolute Gasteiger partial charge is 0.468 e. The Morgan fingerprint density at radius 3 is 2.71 bits per heavy atom. The monoisotopic (exact) mass is 296 g/mol. The van der Waals surface area contributed by atoms with Crippen LogP contribution >= 0.6 is 0 Å². The summed E-state index contributed by atoms with van der Waals surface area (Å²) in [7, 11) is 1.75. The molecule has 21 heavy (non-hydrogen) atoms. The van der Waals surface area contributed by atoms with Gasteiger partial charge in [0.25, 0.3) is 0 Å². The first-order valence-electron chi connectivity index (χ1n) is 8.07. The fourth-order valence-electron chi connectivity index (χ4n) is 2.27. The van der Waals surface area contributed by atoms with Gasteiger partial charge in [-0.2, -0.15) is 0 Å². The Labute approximate surface area is 129 Å². The van der Waals surface area contributed by atoms with Crippen LogP contribution in [-0.2, 0) is 17.8 Å². The Balaban J connectivity index is 2.59. The summed E-state index contributed by atoms with van der Waals surface area (Å²) >= 11 is 0. The van der Waals surface area contributed by atoms with Crippen LogP contribution in [0.4, 0.5) is 0 Å². The summed E-state index contributed by atoms with van der Waals surface area (Å²) in [6, 6.07) is 2.61. The zero-order valence-corrected chi connectivity index (χ0v) is 14.3. The van der Waals surface area contributed by atoms with Crippen LogP contribution in [-0.4, -0.2) is 37.7 Å². The van der Waals surface area contributed by atoms with Crippen LogP contribution in [0.1, 0.15) is 45.4 Å². The summed E-state index contributed by atoms with van der Waals surface area (Å²) in [5, 5.41) is 3.48. The lowest BCUT2D eigenvalue weighted by atomic mass is 10.1. The lowest BCUT2D eigenvalue weighted by Gasteiger charge is -2.27. The van der Waals surface area contributed by atoms with Crippen molar-refractivity contribution >= 4 is 0 Å². The van der Waals surface area contributed by atoms with Gasteiger partial charge in [-0.1, -0.05) is 20.8 Å². The second-order valence-electron chi connectivity index (χ2n) is 6.11. The van der Waals surface area contributed by atoms with E-state index in [0.717, 1.165) is 45.0 Å². The van der Waals surface area contributed by atoms with Crippen molar-refractivity contribution in [2.24, 2.45) is 5.92 Å². The topological polar surface area (TPSA) is 37.6 Å². The van der Waals surface area contributed by atoms with E-state index >= 15 is 0 Å². The van der Waals surface area contributed by atoms with Crippen molar-refractivity contribution in [1.82, 2.24) is 10.2 Å². The van der Waals surface area contributed by atoms with Crippen LogP contribution < -0.4 is 5.32 Å². The average Bonchev–Trinajstić information content (AvgIpc) is 2.89. The molecule has 0 bridgehead atoms. The second kappa shape index (κ2) is 9.98. The first-order valence-corrected chi connectivity index (χ1v) is 8.07. The fourth-order valence-corrected chi connectivity index (χ4v) is 2.27. The average molecular weight is 296 g/mol. The van der Waals surface area contributed by atoms with Gasteiger partial charge in [-0.15, -0.1) is 0 Å². The molecule has 0 aliphatic rings. The van der Waals surface area contributed by atoms with E-state index < -0.39 is 0 Å². The fraction of sp³-hybridized carbons (Fsp3) is 0.765. The van der Waals surface area contributed by atoms with Gasteiger partial charge in [-0.3, -0.25) is 4.90 Å². The molecule has 0 aliphatic heterocycles. The number of methoxy groups -OCH3 is 1. The lowest BCUT2D eigenvalue weighted by Crippen LogP contribution is -2.35. The van der Waals surface area contributed by atoms with E-state index in [9.17, 15) is 0 Å². The minimum Gasteiger partial charge on any atom is -0.468 e. The Kier molecular flexibility index (Phi) is 8.66. The highest BCUT2D eigenvalue weighted by molar-refractivity contribution is 5.17. The third-order valence-corrected chi connectivity index (χ3v) is 3.85. The minimum absolute atomic E-state index is 0.529. The molecule has 0 radical (unpaired) electrons. The molecule has 4 heteroatoms. The van der Waals surface area contributed by atoms with Crippen LogP contribution in [0.15, 0.2) is 16.7 Å². The molecule has 122 valence electrons. The number of nitrogens with one attached hydrogen (secondary N) is 1. The molecular weight excluding hydrogens is 264 g/mol. The quantitative estimate of drug-likeness (QED) is 0.680. The van der Waals surface area contributed by atoms with E-state index in [1.54, 1.807) is 13.4 Å². The molecule has 1 unspecified atom stereocenters. The van der Waals surface area contributed by atoms with Crippen molar-refractivity contribution in [3.8, 4) is 0 Å². The van der Waals surface area contributed by atoms with Gasteiger partial charge in [-0.25, -0.2) is 0 Å². The van der Waals surface area contributed by atoms with Gasteiger partial charge in [0.1, 0.15) is 5.76 Å². The van der Waals surface area contributed by atoms with Gasteiger partial charge in [0.05, 0.1) is 19.4 Å². The van der Waals surface area contributed by atoms with Gasteiger partial charge in [0, 0.05) is 31.8 Å². The highest BCUT2D eigenvalue weighted by Crippen LogP contribution is 2.16. The van der Waals surface area contributed by atoms with E-state index in [1.165, 1.54) is 5.56 Å². The van der Waals surface area contributed by atoms with Gasteiger partial charge < -0.3 is 14.5 Å². The molecule has 0 aromatic carbocycles. The van der Waals surface area contributed by atoms with Crippen molar-refractivity contribution in [3.05, 3.63) is 23.7 Å². The third kappa shape index (κ3) is 6.64. The summed E-state index contributed by atoms with van der Waals surface area (Å²) in [6.07, 6.45) is 2.93. The highest BCUT2D eigenvalue weighted by atomic mass is 16.5. The molecule has 1 aromatic rings. The predicted molar refractivity (Wildman–Crippen MR) is 87.3 cm³/mol. The summed E-state index contributed by atoms with van der Waals surface area (Å²) < 4.78 is 10.9. The summed E-state index contributed by atoms with van der Waals surface area (Å²) in [5.41, 5.74) is 1.27. The number of nitrogens with zero attached hydrogens (tertiary/aromatic N) is 1. The zero-order valence-electron chi connectivity index (χ0n) is 14.3. The van der Waals surface area contributed by atoms with Crippen LogP contribution in [0, 0.1) is 5.92 Å². The molecule has 0 spiro atoms. The zero-order chi connectivity index (χ0) is 15.7. The van der Waals surface area contributed by atoms with E-state index in [4.69, 9.17) is 9.15 Å². The molecule has 4 nitrogen and oxygen atoms in total. The van der Waals surface area contributed by atoms with Crippen LogP contribution in [0.3, 0.4) is 0 Å². The van der Waals surface area contributed by atoms with Crippen molar-refractivity contribution < 1.29 is 9.15 Å². The number of hydrogen-bond acceptors (Lipinski definition) is 4. The van der Waals surface area contributed by atoms with Crippen molar-refractivity contribution in [1.29, 1.82) is 0 Å². The van der Waals surface area contributed by atoms with Crippen LogP contribution in [0.25, 0.3) is 0 Å². The van der Waals surface area contributed by atoms with Gasteiger partial charge in [0.2, 0.25) is 0 Å². The van der Waals surface area contributed by atoms with Gasteiger partial charge >= 0.3 is 0 Å². The number of hydrogen-bond donors (Lipinski definition) is 1. The molecule has 1 rings (SSSR count). The van der Waals surface area contributed by atoms with Crippen molar-refractivity contribution in [3.63, 3.8) is 0 Å². The minimum atomic E-state index is 0.529. The van der Waals surface area contributed by atoms with E-state index in [2.05, 4.69) is 44.0 Å². The Bertz CT molecular complexity index is 377. The molecular formula is C17H32N2O2. The van der Waals surface area contributed by atoms with Crippen LogP contribution in [0.5, 0.6) is 0 Å². The standard InChI is InChI=1S/C17H32N2O2/c1-6-15(4)19(8-10-20-5)13-17-16(7-9-21-17)12-18-11-14(2)3/h7,9,14-15,18H,6,8,10-13H2,1-5H3. The molecule has 0 saturated carbocycles.